The first kappa shape index (κ1) is 22.2. The molecule has 0 saturated carbocycles. The number of hydrogen-bond donors (Lipinski definition) is 5. The number of nitrogens with zero attached hydrogens (tertiary/aromatic N) is 4. The van der Waals surface area contributed by atoms with E-state index in [1.165, 1.54) is 16.5 Å². The Hall–Kier alpha value is -3.57. The van der Waals surface area contributed by atoms with E-state index in [0.29, 0.717) is 23.7 Å². The number of rotatable bonds is 6. The molecular formula is C24H26N6O4. The van der Waals surface area contributed by atoms with Crippen LogP contribution in [0.4, 0.5) is 11.8 Å². The fourth-order valence-electron chi connectivity index (χ4n) is 4.21. The number of aryl methyl sites for hydroxylation is 1. The first-order chi connectivity index (χ1) is 16.5. The van der Waals surface area contributed by atoms with Gasteiger partial charge in [-0.1, -0.05) is 54.1 Å². The highest BCUT2D eigenvalue weighted by Crippen LogP contribution is 2.35. The predicted octanol–water partition coefficient (Wildman–Crippen LogP) is 1.61. The Morgan fingerprint density at radius 2 is 1.85 bits per heavy atom. The smallest absolute Gasteiger partial charge is 0.207 e. The van der Waals surface area contributed by atoms with Crippen LogP contribution in [0.3, 0.4) is 0 Å². The van der Waals surface area contributed by atoms with Crippen LogP contribution in [0.2, 0.25) is 0 Å². The van der Waals surface area contributed by atoms with Crippen LogP contribution in [-0.2, 0) is 11.3 Å². The van der Waals surface area contributed by atoms with Gasteiger partial charge >= 0.3 is 0 Å². The van der Waals surface area contributed by atoms with Crippen LogP contribution in [0.1, 0.15) is 17.4 Å². The molecule has 176 valence electrons. The van der Waals surface area contributed by atoms with Crippen LogP contribution >= 0.6 is 0 Å². The molecule has 1 saturated heterocycles. The van der Waals surface area contributed by atoms with E-state index in [2.05, 4.69) is 57.5 Å². The van der Waals surface area contributed by atoms with Gasteiger partial charge in [0.15, 0.2) is 23.2 Å². The minimum absolute atomic E-state index is 0.182. The quantitative estimate of drug-likeness (QED) is 0.288. The average molecular weight is 463 g/mol. The lowest BCUT2D eigenvalue weighted by Crippen LogP contribution is -2.33. The number of hydrogen-bond acceptors (Lipinski definition) is 9. The summed E-state index contributed by atoms with van der Waals surface area (Å²) in [5.41, 5.74) is 11.2. The molecule has 2 aromatic heterocycles. The Balaban J connectivity index is 1.43. The molecule has 1 aliphatic rings. The molecule has 4 atom stereocenters. The van der Waals surface area contributed by atoms with Gasteiger partial charge in [-0.05, 0) is 23.6 Å². The summed E-state index contributed by atoms with van der Waals surface area (Å²) in [5.74, 6) is 0.529. The summed E-state index contributed by atoms with van der Waals surface area (Å²) in [6.45, 7) is 2.06. The maximum atomic E-state index is 10.6. The van der Waals surface area contributed by atoms with E-state index >= 15 is 0 Å². The van der Waals surface area contributed by atoms with Gasteiger partial charge in [0.05, 0.1) is 6.61 Å². The molecule has 1 fully saturated rings. The fraction of sp³-hybridized carbons (Fsp3) is 0.292. The zero-order valence-electron chi connectivity index (χ0n) is 18.5. The lowest BCUT2D eigenvalue weighted by atomic mass is 10.0. The van der Waals surface area contributed by atoms with E-state index in [1.807, 2.05) is 18.2 Å². The molecule has 0 amide bonds. The zero-order chi connectivity index (χ0) is 23.8. The van der Waals surface area contributed by atoms with E-state index < -0.39 is 31.1 Å². The Morgan fingerprint density at radius 1 is 1.06 bits per heavy atom. The van der Waals surface area contributed by atoms with Crippen LogP contribution in [0.25, 0.3) is 22.3 Å². The second-order valence-electron chi connectivity index (χ2n) is 8.39. The summed E-state index contributed by atoms with van der Waals surface area (Å²) in [6, 6.07) is 16.5. The van der Waals surface area contributed by atoms with Crippen molar-refractivity contribution in [3.63, 3.8) is 0 Å². The molecule has 0 radical (unpaired) electrons. The normalized spacial score (nSPS) is 22.4. The van der Waals surface area contributed by atoms with Crippen LogP contribution in [0, 0.1) is 6.92 Å². The molecule has 4 aromatic rings. The van der Waals surface area contributed by atoms with Gasteiger partial charge in [-0.15, -0.1) is 0 Å². The molecule has 10 heteroatoms. The van der Waals surface area contributed by atoms with Gasteiger partial charge in [-0.25, -0.2) is 15.0 Å². The monoisotopic (exact) mass is 462 g/mol. The van der Waals surface area contributed by atoms with Crippen molar-refractivity contribution in [2.24, 2.45) is 0 Å². The number of aliphatic hydroxyl groups excluding tert-OH is 3. The third kappa shape index (κ3) is 3.97. The van der Waals surface area contributed by atoms with Crippen LogP contribution in [0.15, 0.2) is 54.9 Å². The molecule has 0 spiro atoms. The predicted molar refractivity (Wildman–Crippen MR) is 127 cm³/mol. The Kier molecular flexibility index (Phi) is 5.88. The van der Waals surface area contributed by atoms with Crippen molar-refractivity contribution in [3.05, 3.63) is 66.0 Å². The van der Waals surface area contributed by atoms with E-state index in [-0.39, 0.29) is 5.82 Å². The number of anilines is 2. The number of nitrogens with one attached hydrogen (secondary N) is 1. The van der Waals surface area contributed by atoms with Crippen molar-refractivity contribution in [1.29, 1.82) is 0 Å². The highest BCUT2D eigenvalue weighted by Gasteiger charge is 2.45. The maximum absolute atomic E-state index is 10.6. The molecule has 34 heavy (non-hydrogen) atoms. The second kappa shape index (κ2) is 8.99. The molecule has 3 heterocycles. The van der Waals surface area contributed by atoms with Gasteiger partial charge in [0.25, 0.3) is 0 Å². The zero-order valence-corrected chi connectivity index (χ0v) is 18.5. The van der Waals surface area contributed by atoms with E-state index in [1.54, 1.807) is 0 Å². The van der Waals surface area contributed by atoms with Gasteiger partial charge in [-0.3, -0.25) is 4.57 Å². The number of benzene rings is 2. The summed E-state index contributed by atoms with van der Waals surface area (Å²) in [7, 11) is 0. The molecule has 5 rings (SSSR count). The third-order valence-electron chi connectivity index (χ3n) is 6.03. The Bertz CT molecular complexity index is 1310. The molecular weight excluding hydrogens is 436 g/mol. The minimum Gasteiger partial charge on any atom is -0.394 e. The standard InChI is InChI=1S/C24H26N6O4/c1-13-3-2-4-16(9-13)15-7-5-14(6-8-15)10-26-24-29-18-21(25)27-12-28-22(18)30(24)23-20(33)19(32)17(11-31)34-23/h2-9,12,17,19-20,23,31-33H,10-11H2,1H3,(H,26,29)(H2,25,27,28)/t17-,19-,20-,23-/m1/s1. The summed E-state index contributed by atoms with van der Waals surface area (Å²) in [6.07, 6.45) is -3.20. The average Bonchev–Trinajstić information content (AvgIpc) is 3.35. The maximum Gasteiger partial charge on any atom is 0.207 e. The van der Waals surface area contributed by atoms with E-state index in [4.69, 9.17) is 10.5 Å². The minimum atomic E-state index is -1.29. The molecule has 0 bridgehead atoms. The number of aliphatic hydroxyl groups is 3. The number of imidazole rings is 1. The number of nitrogens with two attached hydrogens (primary N) is 1. The van der Waals surface area contributed by atoms with Gasteiger partial charge in [0.2, 0.25) is 5.95 Å². The Morgan fingerprint density at radius 3 is 2.56 bits per heavy atom. The summed E-state index contributed by atoms with van der Waals surface area (Å²) in [4.78, 5) is 12.8. The van der Waals surface area contributed by atoms with Crippen LogP contribution in [-0.4, -0.2) is 59.8 Å². The first-order valence-electron chi connectivity index (χ1n) is 11.0. The molecule has 10 nitrogen and oxygen atoms in total. The van der Waals surface area contributed by atoms with Gasteiger partial charge in [-0.2, -0.15) is 0 Å². The molecule has 0 aliphatic carbocycles. The van der Waals surface area contributed by atoms with Gasteiger partial charge in [0, 0.05) is 6.54 Å². The molecule has 6 N–H and O–H groups in total. The Labute approximate surface area is 195 Å². The largest absolute Gasteiger partial charge is 0.394 e. The number of nitrogen functional groups attached to an aromatic ring is 1. The van der Waals surface area contributed by atoms with Gasteiger partial charge < -0.3 is 31.1 Å². The number of ether oxygens (including phenoxy) is 1. The highest BCUT2D eigenvalue weighted by molar-refractivity contribution is 5.84. The fourth-order valence-corrected chi connectivity index (χ4v) is 4.21. The van der Waals surface area contributed by atoms with Crippen molar-refractivity contribution in [3.8, 4) is 11.1 Å². The van der Waals surface area contributed by atoms with E-state index in [9.17, 15) is 15.3 Å². The summed E-state index contributed by atoms with van der Waals surface area (Å²) >= 11 is 0. The lowest BCUT2D eigenvalue weighted by molar-refractivity contribution is -0.0501. The van der Waals surface area contributed by atoms with Crippen molar-refractivity contribution < 1.29 is 20.1 Å². The number of fused-ring (bicyclic) bond motifs is 1. The van der Waals surface area contributed by atoms with Gasteiger partial charge in [0.1, 0.15) is 24.6 Å². The molecule has 2 aromatic carbocycles. The molecule has 1 aliphatic heterocycles. The SMILES string of the molecule is Cc1cccc(-c2ccc(CNc3nc4c(N)ncnc4n3[C@@H]3O[C@H](CO)[C@@H](O)[C@H]3O)cc2)c1. The topological polar surface area (TPSA) is 152 Å². The first-order valence-corrected chi connectivity index (χ1v) is 11.0. The lowest BCUT2D eigenvalue weighted by Gasteiger charge is -2.19. The van der Waals surface area contributed by atoms with E-state index in [0.717, 1.165) is 16.7 Å². The van der Waals surface area contributed by atoms with Crippen LogP contribution in [0.5, 0.6) is 0 Å². The molecule has 0 unspecified atom stereocenters. The number of aromatic nitrogens is 4. The second-order valence-corrected chi connectivity index (χ2v) is 8.39. The van der Waals surface area contributed by atoms with Crippen molar-refractivity contribution in [1.82, 2.24) is 19.5 Å². The third-order valence-corrected chi connectivity index (χ3v) is 6.03. The van der Waals surface area contributed by atoms with Crippen molar-refractivity contribution in [2.75, 3.05) is 17.7 Å². The van der Waals surface area contributed by atoms with Crippen molar-refractivity contribution in [2.45, 2.75) is 38.0 Å². The van der Waals surface area contributed by atoms with Crippen molar-refractivity contribution >= 4 is 22.9 Å². The summed E-state index contributed by atoms with van der Waals surface area (Å²) in [5, 5.41) is 33.6. The summed E-state index contributed by atoms with van der Waals surface area (Å²) < 4.78 is 7.27. The highest BCUT2D eigenvalue weighted by atomic mass is 16.6. The van der Waals surface area contributed by atoms with Crippen LogP contribution < -0.4 is 11.1 Å².